The van der Waals surface area contributed by atoms with Crippen molar-refractivity contribution in [3.8, 4) is 33.8 Å². The number of carbonyl (C=O) groups is 1. The third kappa shape index (κ3) is 6.32. The van der Waals surface area contributed by atoms with E-state index in [0.717, 1.165) is 72.6 Å². The van der Waals surface area contributed by atoms with Gasteiger partial charge in [-0.1, -0.05) is 35.9 Å². The Morgan fingerprint density at radius 2 is 1.45 bits per heavy atom. The van der Waals surface area contributed by atoms with Gasteiger partial charge in [0.2, 0.25) is 0 Å². The van der Waals surface area contributed by atoms with Crippen molar-refractivity contribution in [3.05, 3.63) is 101 Å². The molecule has 2 saturated heterocycles. The van der Waals surface area contributed by atoms with Crippen molar-refractivity contribution in [1.82, 2.24) is 10.6 Å². The van der Waals surface area contributed by atoms with E-state index >= 15 is 0 Å². The molecule has 2 heterocycles. The summed E-state index contributed by atoms with van der Waals surface area (Å²) < 4.78 is 26.8. The monoisotopic (exact) mass is 565 g/mol. The summed E-state index contributed by atoms with van der Waals surface area (Å²) in [5.41, 5.74) is 6.36. The van der Waals surface area contributed by atoms with E-state index in [0.29, 0.717) is 22.6 Å². The molecule has 3 N–H and O–H groups in total. The number of amides is 1. The molecule has 1 amide bonds. The van der Waals surface area contributed by atoms with Gasteiger partial charge >= 0.3 is 0 Å². The minimum atomic E-state index is -0.267. The van der Waals surface area contributed by atoms with Crippen LogP contribution in [0.5, 0.6) is 11.5 Å². The predicted molar refractivity (Wildman–Crippen MR) is 165 cm³/mol. The number of benzene rings is 4. The largest absolute Gasteiger partial charge is 0.488 e. The molecule has 0 bridgehead atoms. The smallest absolute Gasteiger partial charge is 0.255 e. The summed E-state index contributed by atoms with van der Waals surface area (Å²) in [5.74, 6) is 0.962. The highest BCUT2D eigenvalue weighted by Gasteiger charge is 2.21. The van der Waals surface area contributed by atoms with Crippen molar-refractivity contribution < 1.29 is 18.7 Å². The SMILES string of the molecule is Cc1cccc(-c2cc(NC(=O)c3ccc(O[C@H]4CCNC4)c(-c4ccc(F)c(C)c4)c3)ccc2O[C@H]2CCNC2)c1. The van der Waals surface area contributed by atoms with Crippen LogP contribution in [0.3, 0.4) is 0 Å². The zero-order chi connectivity index (χ0) is 29.1. The highest BCUT2D eigenvalue weighted by atomic mass is 19.1. The molecule has 2 atom stereocenters. The second-order valence-electron chi connectivity index (χ2n) is 11.2. The number of ether oxygens (including phenoxy) is 2. The molecule has 2 aliphatic heterocycles. The summed E-state index contributed by atoms with van der Waals surface area (Å²) >= 11 is 0. The Balaban J connectivity index is 1.30. The van der Waals surface area contributed by atoms with E-state index in [2.05, 4.69) is 41.1 Å². The van der Waals surface area contributed by atoms with Gasteiger partial charge < -0.3 is 25.4 Å². The van der Waals surface area contributed by atoms with Gasteiger partial charge in [0.05, 0.1) is 0 Å². The van der Waals surface area contributed by atoms with Crippen molar-refractivity contribution in [2.45, 2.75) is 38.9 Å². The number of halogens is 1. The van der Waals surface area contributed by atoms with Crippen molar-refractivity contribution >= 4 is 11.6 Å². The van der Waals surface area contributed by atoms with E-state index in [1.54, 1.807) is 25.1 Å². The van der Waals surface area contributed by atoms with E-state index in [-0.39, 0.29) is 23.9 Å². The lowest BCUT2D eigenvalue weighted by Crippen LogP contribution is -2.20. The van der Waals surface area contributed by atoms with Crippen molar-refractivity contribution in [3.63, 3.8) is 0 Å². The Morgan fingerprint density at radius 3 is 2.10 bits per heavy atom. The number of rotatable bonds is 8. The van der Waals surface area contributed by atoms with Gasteiger partial charge in [-0.25, -0.2) is 4.39 Å². The maximum Gasteiger partial charge on any atom is 0.255 e. The van der Waals surface area contributed by atoms with Crippen molar-refractivity contribution in [2.24, 2.45) is 0 Å². The Hall–Kier alpha value is -4.20. The number of hydrogen-bond acceptors (Lipinski definition) is 5. The van der Waals surface area contributed by atoms with Crippen LogP contribution in [0.15, 0.2) is 78.9 Å². The molecule has 4 aromatic rings. The number of hydrogen-bond donors (Lipinski definition) is 3. The lowest BCUT2D eigenvalue weighted by Gasteiger charge is -2.19. The second-order valence-corrected chi connectivity index (χ2v) is 11.2. The predicted octanol–water partition coefficient (Wildman–Crippen LogP) is 6.51. The fourth-order valence-electron chi connectivity index (χ4n) is 5.58. The quantitative estimate of drug-likeness (QED) is 0.227. The zero-order valence-electron chi connectivity index (χ0n) is 24.0. The van der Waals surface area contributed by atoms with Gasteiger partial charge in [0.15, 0.2) is 0 Å². The summed E-state index contributed by atoms with van der Waals surface area (Å²) in [5, 5.41) is 9.75. The van der Waals surface area contributed by atoms with E-state index < -0.39 is 0 Å². The van der Waals surface area contributed by atoms with Gasteiger partial charge in [0, 0.05) is 35.5 Å². The molecular formula is C35H36FN3O3. The van der Waals surface area contributed by atoms with Crippen LogP contribution in [-0.4, -0.2) is 44.3 Å². The first-order valence-corrected chi connectivity index (χ1v) is 14.6. The molecule has 2 fully saturated rings. The summed E-state index contributed by atoms with van der Waals surface area (Å²) in [6.07, 6.45) is 2.03. The highest BCUT2D eigenvalue weighted by Crippen LogP contribution is 2.36. The maximum atomic E-state index is 14.1. The van der Waals surface area contributed by atoms with Crippen molar-refractivity contribution in [1.29, 1.82) is 0 Å². The molecule has 42 heavy (non-hydrogen) atoms. The standard InChI is InChI=1S/C35H36FN3O3/c1-22-4-3-5-24(16-22)31-19-27(8-11-34(31)42-29-13-15-38-21-29)39-35(40)26-7-10-33(41-28-12-14-37-20-28)30(18-26)25-6-9-32(36)23(2)17-25/h3-11,16-19,28-29,37-38H,12-15,20-21H2,1-2H3,(H,39,40)/t28-,29-/m0/s1. The van der Waals surface area contributed by atoms with Crippen LogP contribution in [0.4, 0.5) is 10.1 Å². The highest BCUT2D eigenvalue weighted by molar-refractivity contribution is 6.05. The molecule has 2 aliphatic rings. The minimum Gasteiger partial charge on any atom is -0.488 e. The first-order chi connectivity index (χ1) is 20.4. The van der Waals surface area contributed by atoms with E-state index in [1.165, 1.54) is 6.07 Å². The van der Waals surface area contributed by atoms with Gasteiger partial charge in [-0.15, -0.1) is 0 Å². The summed E-state index contributed by atoms with van der Waals surface area (Å²) in [4.78, 5) is 13.6. The summed E-state index contributed by atoms with van der Waals surface area (Å²) in [6, 6.07) is 24.5. The molecule has 0 aliphatic carbocycles. The molecule has 6 rings (SSSR count). The lowest BCUT2D eigenvalue weighted by atomic mass is 9.99. The first kappa shape index (κ1) is 27.9. The maximum absolute atomic E-state index is 14.1. The molecule has 7 heteroatoms. The number of aryl methyl sites for hydroxylation is 2. The fraction of sp³-hybridized carbons (Fsp3) is 0.286. The van der Waals surface area contributed by atoms with Gasteiger partial charge in [0.1, 0.15) is 29.5 Å². The molecule has 4 aromatic carbocycles. The Labute approximate surface area is 246 Å². The van der Waals surface area contributed by atoms with Gasteiger partial charge in [-0.2, -0.15) is 0 Å². The molecule has 0 aromatic heterocycles. The Morgan fingerprint density at radius 1 is 0.786 bits per heavy atom. The normalized spacial score (nSPS) is 18.2. The van der Waals surface area contributed by atoms with Gasteiger partial charge in [-0.3, -0.25) is 4.79 Å². The fourth-order valence-corrected chi connectivity index (χ4v) is 5.58. The average molecular weight is 566 g/mol. The molecule has 216 valence electrons. The summed E-state index contributed by atoms with van der Waals surface area (Å²) in [6.45, 7) is 7.23. The topological polar surface area (TPSA) is 71.6 Å². The van der Waals surface area contributed by atoms with Crippen LogP contribution in [0.1, 0.15) is 34.3 Å². The Kier molecular flexibility index (Phi) is 8.22. The van der Waals surface area contributed by atoms with Crippen LogP contribution in [0.25, 0.3) is 22.3 Å². The first-order valence-electron chi connectivity index (χ1n) is 14.6. The number of carbonyl (C=O) groups excluding carboxylic acids is 1. The van der Waals surface area contributed by atoms with Crippen LogP contribution >= 0.6 is 0 Å². The third-order valence-electron chi connectivity index (χ3n) is 7.89. The Bertz CT molecular complexity index is 1590. The molecule has 0 saturated carbocycles. The van der Waals surface area contributed by atoms with Gasteiger partial charge in [0.25, 0.3) is 5.91 Å². The van der Waals surface area contributed by atoms with Crippen LogP contribution in [0.2, 0.25) is 0 Å². The minimum absolute atomic E-state index is 0.0470. The van der Waals surface area contributed by atoms with E-state index in [4.69, 9.17) is 9.47 Å². The molecule has 0 radical (unpaired) electrons. The van der Waals surface area contributed by atoms with E-state index in [9.17, 15) is 9.18 Å². The molecule has 0 unspecified atom stereocenters. The molecule has 6 nitrogen and oxygen atoms in total. The van der Waals surface area contributed by atoms with Crippen molar-refractivity contribution in [2.75, 3.05) is 31.5 Å². The average Bonchev–Trinajstić information content (AvgIpc) is 3.70. The van der Waals surface area contributed by atoms with Crippen LogP contribution in [-0.2, 0) is 0 Å². The van der Waals surface area contributed by atoms with Gasteiger partial charge in [-0.05, 0) is 105 Å². The van der Waals surface area contributed by atoms with Crippen LogP contribution < -0.4 is 25.4 Å². The second kappa shape index (κ2) is 12.3. The number of nitrogens with one attached hydrogen (secondary N) is 3. The van der Waals surface area contributed by atoms with E-state index in [1.807, 2.05) is 36.4 Å². The lowest BCUT2D eigenvalue weighted by molar-refractivity contribution is 0.102. The van der Waals surface area contributed by atoms with Crippen LogP contribution in [0, 0.1) is 19.7 Å². The molecule has 0 spiro atoms. The zero-order valence-corrected chi connectivity index (χ0v) is 24.0. The molecular weight excluding hydrogens is 529 g/mol. The third-order valence-corrected chi connectivity index (χ3v) is 7.89. The number of anilines is 1. The summed E-state index contributed by atoms with van der Waals surface area (Å²) in [7, 11) is 0.